The fourth-order valence-electron chi connectivity index (χ4n) is 1.16. The van der Waals surface area contributed by atoms with Crippen molar-refractivity contribution >= 4 is 33.2 Å². The van der Waals surface area contributed by atoms with Gasteiger partial charge in [0, 0.05) is 10.7 Å². The SMILES string of the molecule is Nc1cc(Br)ccc1Oc1ncccc1Cl. The van der Waals surface area contributed by atoms with Gasteiger partial charge in [0.25, 0.3) is 0 Å². The van der Waals surface area contributed by atoms with Gasteiger partial charge < -0.3 is 10.5 Å². The molecule has 0 atom stereocenters. The topological polar surface area (TPSA) is 48.1 Å². The molecule has 0 unspecified atom stereocenters. The summed E-state index contributed by atoms with van der Waals surface area (Å²) in [6.07, 6.45) is 1.61. The van der Waals surface area contributed by atoms with E-state index in [-0.39, 0.29) is 0 Å². The summed E-state index contributed by atoms with van der Waals surface area (Å²) >= 11 is 9.24. The van der Waals surface area contributed by atoms with E-state index in [0.29, 0.717) is 22.3 Å². The zero-order valence-electron chi connectivity index (χ0n) is 8.15. The van der Waals surface area contributed by atoms with Crippen LogP contribution in [0.5, 0.6) is 11.6 Å². The number of nitrogen functional groups attached to an aromatic ring is 1. The Morgan fingerprint density at radius 1 is 1.31 bits per heavy atom. The third kappa shape index (κ3) is 2.46. The molecular weight excluding hydrogens is 291 g/mol. The maximum Gasteiger partial charge on any atom is 0.238 e. The molecule has 0 spiro atoms. The summed E-state index contributed by atoms with van der Waals surface area (Å²) in [5.41, 5.74) is 6.32. The van der Waals surface area contributed by atoms with Gasteiger partial charge in [-0.05, 0) is 30.3 Å². The molecule has 16 heavy (non-hydrogen) atoms. The highest BCUT2D eigenvalue weighted by Crippen LogP contribution is 2.31. The minimum atomic E-state index is 0.346. The fourth-order valence-corrected chi connectivity index (χ4v) is 1.70. The lowest BCUT2D eigenvalue weighted by molar-refractivity contribution is 0.465. The molecule has 1 heterocycles. The molecule has 1 aromatic heterocycles. The Morgan fingerprint density at radius 3 is 2.81 bits per heavy atom. The van der Waals surface area contributed by atoms with Crippen LogP contribution in [0.15, 0.2) is 41.0 Å². The van der Waals surface area contributed by atoms with Crippen LogP contribution in [0.4, 0.5) is 5.69 Å². The number of nitrogens with two attached hydrogens (primary N) is 1. The van der Waals surface area contributed by atoms with E-state index in [1.54, 1.807) is 30.5 Å². The normalized spacial score (nSPS) is 10.1. The number of ether oxygens (including phenoxy) is 1. The Kier molecular flexibility index (Phi) is 3.31. The first kappa shape index (κ1) is 11.2. The maximum absolute atomic E-state index is 5.92. The summed E-state index contributed by atoms with van der Waals surface area (Å²) in [5.74, 6) is 0.877. The van der Waals surface area contributed by atoms with Crippen molar-refractivity contribution in [2.45, 2.75) is 0 Å². The molecule has 0 saturated heterocycles. The average molecular weight is 300 g/mol. The molecule has 82 valence electrons. The van der Waals surface area contributed by atoms with Crippen LogP contribution >= 0.6 is 27.5 Å². The highest BCUT2D eigenvalue weighted by Gasteiger charge is 2.06. The van der Waals surface area contributed by atoms with Crippen LogP contribution in [0, 0.1) is 0 Å². The summed E-state index contributed by atoms with van der Waals surface area (Å²) < 4.78 is 6.40. The standard InChI is InChI=1S/C11H8BrClN2O/c12-7-3-4-10(9(14)6-7)16-11-8(13)2-1-5-15-11/h1-6H,14H2. The molecule has 0 amide bonds. The van der Waals surface area contributed by atoms with Crippen LogP contribution in [0.2, 0.25) is 5.02 Å². The molecule has 0 aliphatic rings. The van der Waals surface area contributed by atoms with E-state index in [1.165, 1.54) is 0 Å². The number of benzene rings is 1. The number of anilines is 1. The largest absolute Gasteiger partial charge is 0.435 e. The van der Waals surface area contributed by atoms with Crippen LogP contribution in [-0.2, 0) is 0 Å². The van der Waals surface area contributed by atoms with Gasteiger partial charge in [-0.15, -0.1) is 0 Å². The first-order chi connectivity index (χ1) is 7.66. The number of hydrogen-bond acceptors (Lipinski definition) is 3. The Labute approximate surface area is 106 Å². The van der Waals surface area contributed by atoms with Crippen molar-refractivity contribution in [1.29, 1.82) is 0 Å². The third-order valence-corrected chi connectivity index (χ3v) is 2.68. The highest BCUT2D eigenvalue weighted by atomic mass is 79.9. The predicted octanol–water partition coefficient (Wildman–Crippen LogP) is 3.87. The molecule has 3 nitrogen and oxygen atoms in total. The van der Waals surface area contributed by atoms with Crippen molar-refractivity contribution in [1.82, 2.24) is 4.98 Å². The van der Waals surface area contributed by atoms with E-state index in [4.69, 9.17) is 22.1 Å². The highest BCUT2D eigenvalue weighted by molar-refractivity contribution is 9.10. The predicted molar refractivity (Wildman–Crippen MR) is 67.9 cm³/mol. The van der Waals surface area contributed by atoms with Crippen LogP contribution in [0.1, 0.15) is 0 Å². The Hall–Kier alpha value is -1.26. The van der Waals surface area contributed by atoms with E-state index < -0.39 is 0 Å². The van der Waals surface area contributed by atoms with E-state index >= 15 is 0 Å². The van der Waals surface area contributed by atoms with Crippen molar-refractivity contribution in [2.24, 2.45) is 0 Å². The second-order valence-corrected chi connectivity index (χ2v) is 4.40. The van der Waals surface area contributed by atoms with Crippen molar-refractivity contribution in [2.75, 3.05) is 5.73 Å². The van der Waals surface area contributed by atoms with Crippen LogP contribution < -0.4 is 10.5 Å². The Morgan fingerprint density at radius 2 is 2.12 bits per heavy atom. The number of nitrogens with zero attached hydrogens (tertiary/aromatic N) is 1. The molecule has 2 aromatic rings. The quantitative estimate of drug-likeness (QED) is 0.856. The van der Waals surface area contributed by atoms with Gasteiger partial charge in [0.2, 0.25) is 5.88 Å². The number of aromatic nitrogens is 1. The molecule has 0 fully saturated rings. The smallest absolute Gasteiger partial charge is 0.238 e. The van der Waals surface area contributed by atoms with Gasteiger partial charge in [-0.25, -0.2) is 4.98 Å². The van der Waals surface area contributed by atoms with E-state index in [0.717, 1.165) is 4.47 Å². The Balaban J connectivity index is 2.31. The van der Waals surface area contributed by atoms with Crippen molar-refractivity contribution in [3.05, 3.63) is 46.0 Å². The van der Waals surface area contributed by atoms with Crippen LogP contribution in [0.25, 0.3) is 0 Å². The molecule has 1 aromatic carbocycles. The minimum Gasteiger partial charge on any atom is -0.435 e. The molecular formula is C11H8BrClN2O. The van der Waals surface area contributed by atoms with Crippen molar-refractivity contribution < 1.29 is 4.74 Å². The molecule has 0 aliphatic carbocycles. The van der Waals surface area contributed by atoms with Gasteiger partial charge in [-0.1, -0.05) is 27.5 Å². The Bertz CT molecular complexity index is 519. The average Bonchev–Trinajstić information content (AvgIpc) is 2.25. The van der Waals surface area contributed by atoms with Gasteiger partial charge >= 0.3 is 0 Å². The number of pyridine rings is 1. The van der Waals surface area contributed by atoms with Gasteiger partial charge in [0.1, 0.15) is 5.02 Å². The lowest BCUT2D eigenvalue weighted by Gasteiger charge is -2.08. The molecule has 0 saturated carbocycles. The van der Waals surface area contributed by atoms with Gasteiger partial charge in [-0.2, -0.15) is 0 Å². The number of halogens is 2. The first-order valence-corrected chi connectivity index (χ1v) is 5.67. The zero-order valence-corrected chi connectivity index (χ0v) is 10.5. The minimum absolute atomic E-state index is 0.346. The molecule has 0 radical (unpaired) electrons. The second-order valence-electron chi connectivity index (χ2n) is 3.07. The fraction of sp³-hybridized carbons (Fsp3) is 0. The molecule has 5 heteroatoms. The lowest BCUT2D eigenvalue weighted by atomic mass is 10.3. The van der Waals surface area contributed by atoms with Gasteiger partial charge in [0.05, 0.1) is 5.69 Å². The summed E-state index contributed by atoms with van der Waals surface area (Å²) in [6.45, 7) is 0. The second kappa shape index (κ2) is 4.72. The maximum atomic E-state index is 5.92. The zero-order chi connectivity index (χ0) is 11.5. The van der Waals surface area contributed by atoms with Gasteiger partial charge in [-0.3, -0.25) is 0 Å². The first-order valence-electron chi connectivity index (χ1n) is 4.50. The summed E-state index contributed by atoms with van der Waals surface area (Å²) in [7, 11) is 0. The van der Waals surface area contributed by atoms with E-state index in [2.05, 4.69) is 20.9 Å². The molecule has 0 aliphatic heterocycles. The summed E-state index contributed by atoms with van der Waals surface area (Å²) in [4.78, 5) is 4.02. The van der Waals surface area contributed by atoms with E-state index in [9.17, 15) is 0 Å². The summed E-state index contributed by atoms with van der Waals surface area (Å²) in [5, 5.41) is 0.449. The number of rotatable bonds is 2. The van der Waals surface area contributed by atoms with Crippen LogP contribution in [-0.4, -0.2) is 4.98 Å². The molecule has 2 rings (SSSR count). The summed E-state index contributed by atoms with van der Waals surface area (Å²) in [6, 6.07) is 8.79. The van der Waals surface area contributed by atoms with E-state index in [1.807, 2.05) is 6.07 Å². The monoisotopic (exact) mass is 298 g/mol. The lowest BCUT2D eigenvalue weighted by Crippen LogP contribution is -1.93. The molecule has 0 bridgehead atoms. The third-order valence-electron chi connectivity index (χ3n) is 1.90. The number of hydrogen-bond donors (Lipinski definition) is 1. The molecule has 2 N–H and O–H groups in total. The van der Waals surface area contributed by atoms with Crippen molar-refractivity contribution in [3.63, 3.8) is 0 Å². The van der Waals surface area contributed by atoms with Crippen LogP contribution in [0.3, 0.4) is 0 Å². The van der Waals surface area contributed by atoms with Gasteiger partial charge in [0.15, 0.2) is 5.75 Å². The van der Waals surface area contributed by atoms with Crippen molar-refractivity contribution in [3.8, 4) is 11.6 Å².